The van der Waals surface area contributed by atoms with Crippen molar-refractivity contribution in [1.29, 1.82) is 0 Å². The fourth-order valence-electron chi connectivity index (χ4n) is 4.05. The van der Waals surface area contributed by atoms with Crippen LogP contribution in [0.3, 0.4) is 0 Å². The van der Waals surface area contributed by atoms with E-state index >= 15 is 0 Å². The molecule has 0 radical (unpaired) electrons. The van der Waals surface area contributed by atoms with E-state index < -0.39 is 0 Å². The van der Waals surface area contributed by atoms with Crippen LogP contribution in [0.2, 0.25) is 0 Å². The van der Waals surface area contributed by atoms with Crippen LogP contribution >= 0.6 is 0 Å². The molecule has 0 atom stereocenters. The van der Waals surface area contributed by atoms with Gasteiger partial charge in [-0.25, -0.2) is 14.5 Å². The van der Waals surface area contributed by atoms with Gasteiger partial charge in [0.05, 0.1) is 23.6 Å². The molecule has 0 bridgehead atoms. The third-order valence-electron chi connectivity index (χ3n) is 5.64. The van der Waals surface area contributed by atoms with E-state index in [1.165, 1.54) is 11.1 Å². The van der Waals surface area contributed by atoms with Crippen LogP contribution in [0.5, 0.6) is 0 Å². The number of anilines is 1. The maximum atomic E-state index is 4.98. The smallest absolute Gasteiger partial charge is 0.155 e. The van der Waals surface area contributed by atoms with Gasteiger partial charge < -0.3 is 15.2 Å². The van der Waals surface area contributed by atoms with Crippen LogP contribution in [0.15, 0.2) is 61.1 Å². The fraction of sp³-hybridized carbons (Fsp3) is 0.231. The van der Waals surface area contributed by atoms with Gasteiger partial charge in [-0.2, -0.15) is 5.10 Å². The predicted octanol–water partition coefficient (Wildman–Crippen LogP) is 4.47. The normalized spacial score (nSPS) is 11.4. The molecular weight excluding hydrogens is 424 g/mol. The Kier molecular flexibility index (Phi) is 5.81. The van der Waals surface area contributed by atoms with Crippen molar-refractivity contribution in [3.63, 3.8) is 0 Å². The van der Waals surface area contributed by atoms with E-state index in [9.17, 15) is 0 Å². The van der Waals surface area contributed by atoms with Crippen molar-refractivity contribution in [2.24, 2.45) is 0 Å². The standard InChI is InChI=1S/C26H28N8/c1-17-8-9-19(14-33(3)4)22(12-17)27-13-23-31-25(20-10-11-24-28-16-29-34(24)15-20)26(32-23)21-7-5-6-18(2)30-21/h5-12,15-16,27H,13-14H2,1-4H3,(H,31,32). The van der Waals surface area contributed by atoms with Gasteiger partial charge in [-0.15, -0.1) is 0 Å². The van der Waals surface area contributed by atoms with E-state index in [1.807, 2.05) is 43.5 Å². The lowest BCUT2D eigenvalue weighted by Gasteiger charge is -2.16. The molecule has 2 N–H and O–H groups in total. The Morgan fingerprint density at radius 3 is 2.74 bits per heavy atom. The largest absolute Gasteiger partial charge is 0.378 e. The highest BCUT2D eigenvalue weighted by molar-refractivity contribution is 5.77. The molecule has 0 fully saturated rings. The van der Waals surface area contributed by atoms with E-state index in [2.05, 4.69) is 64.5 Å². The number of aryl methyl sites for hydroxylation is 2. The predicted molar refractivity (Wildman–Crippen MR) is 134 cm³/mol. The summed E-state index contributed by atoms with van der Waals surface area (Å²) in [5.41, 5.74) is 8.87. The summed E-state index contributed by atoms with van der Waals surface area (Å²) in [5, 5.41) is 7.87. The van der Waals surface area contributed by atoms with E-state index in [4.69, 9.17) is 9.97 Å². The molecule has 0 saturated heterocycles. The molecule has 0 unspecified atom stereocenters. The lowest BCUT2D eigenvalue weighted by molar-refractivity contribution is 0.403. The monoisotopic (exact) mass is 452 g/mol. The summed E-state index contributed by atoms with van der Waals surface area (Å²) < 4.78 is 1.76. The maximum Gasteiger partial charge on any atom is 0.155 e. The highest BCUT2D eigenvalue weighted by atomic mass is 15.3. The Labute approximate surface area is 198 Å². The van der Waals surface area contributed by atoms with Crippen LogP contribution < -0.4 is 5.32 Å². The third-order valence-corrected chi connectivity index (χ3v) is 5.64. The first-order valence-electron chi connectivity index (χ1n) is 11.3. The van der Waals surface area contributed by atoms with Gasteiger partial charge in [0.2, 0.25) is 0 Å². The second-order valence-corrected chi connectivity index (χ2v) is 8.80. The Morgan fingerprint density at radius 2 is 1.91 bits per heavy atom. The molecule has 0 aliphatic carbocycles. The molecule has 5 aromatic rings. The van der Waals surface area contributed by atoms with Crippen LogP contribution in [-0.2, 0) is 13.1 Å². The number of pyridine rings is 2. The molecule has 34 heavy (non-hydrogen) atoms. The fourth-order valence-corrected chi connectivity index (χ4v) is 4.05. The van der Waals surface area contributed by atoms with Gasteiger partial charge in [0, 0.05) is 29.7 Å². The van der Waals surface area contributed by atoms with Gasteiger partial charge >= 0.3 is 0 Å². The van der Waals surface area contributed by atoms with Crippen molar-refractivity contribution in [1.82, 2.24) is 34.4 Å². The van der Waals surface area contributed by atoms with Crippen LogP contribution in [-0.4, -0.2) is 48.5 Å². The van der Waals surface area contributed by atoms with E-state index in [-0.39, 0.29) is 0 Å². The summed E-state index contributed by atoms with van der Waals surface area (Å²) in [5.74, 6) is 0.837. The molecule has 1 aromatic carbocycles. The Hall–Kier alpha value is -4.04. The molecule has 0 aliphatic rings. The molecule has 0 amide bonds. The summed E-state index contributed by atoms with van der Waals surface area (Å²) in [6.07, 6.45) is 3.50. The highest BCUT2D eigenvalue weighted by Gasteiger charge is 2.17. The summed E-state index contributed by atoms with van der Waals surface area (Å²) in [7, 11) is 4.16. The topological polar surface area (TPSA) is 87.0 Å². The Bertz CT molecular complexity index is 1450. The van der Waals surface area contributed by atoms with Crippen molar-refractivity contribution in [2.45, 2.75) is 26.9 Å². The number of nitrogens with zero attached hydrogens (tertiary/aromatic N) is 6. The lowest BCUT2D eigenvalue weighted by atomic mass is 10.1. The number of hydrogen-bond acceptors (Lipinski definition) is 6. The number of rotatable bonds is 7. The van der Waals surface area contributed by atoms with E-state index in [0.29, 0.717) is 6.54 Å². The minimum atomic E-state index is 0.564. The van der Waals surface area contributed by atoms with Crippen LogP contribution in [0.1, 0.15) is 22.6 Å². The van der Waals surface area contributed by atoms with Gasteiger partial charge in [0.25, 0.3) is 0 Å². The number of imidazole rings is 1. The zero-order valence-corrected chi connectivity index (χ0v) is 19.9. The number of H-pyrrole nitrogens is 1. The van der Waals surface area contributed by atoms with Gasteiger partial charge in [0.1, 0.15) is 12.2 Å². The van der Waals surface area contributed by atoms with Gasteiger partial charge in [-0.3, -0.25) is 4.98 Å². The van der Waals surface area contributed by atoms with Crippen molar-refractivity contribution < 1.29 is 0 Å². The molecule has 4 heterocycles. The van der Waals surface area contributed by atoms with Crippen LogP contribution in [0, 0.1) is 13.8 Å². The molecule has 8 nitrogen and oxygen atoms in total. The van der Waals surface area contributed by atoms with E-state index in [0.717, 1.165) is 52.0 Å². The minimum absolute atomic E-state index is 0.564. The highest BCUT2D eigenvalue weighted by Crippen LogP contribution is 2.30. The molecule has 0 saturated carbocycles. The van der Waals surface area contributed by atoms with Crippen molar-refractivity contribution in [3.05, 3.63) is 83.7 Å². The Morgan fingerprint density at radius 1 is 1.03 bits per heavy atom. The van der Waals surface area contributed by atoms with Crippen molar-refractivity contribution in [3.8, 4) is 22.6 Å². The number of hydrogen-bond donors (Lipinski definition) is 2. The van der Waals surface area contributed by atoms with Crippen LogP contribution in [0.4, 0.5) is 5.69 Å². The molecular formula is C26H28N8. The first-order valence-corrected chi connectivity index (χ1v) is 11.3. The lowest BCUT2D eigenvalue weighted by Crippen LogP contribution is -2.13. The first kappa shape index (κ1) is 21.8. The second-order valence-electron chi connectivity index (χ2n) is 8.80. The summed E-state index contributed by atoms with van der Waals surface area (Å²) in [6, 6.07) is 16.5. The number of aromatic amines is 1. The van der Waals surface area contributed by atoms with Crippen molar-refractivity contribution in [2.75, 3.05) is 19.4 Å². The quantitative estimate of drug-likeness (QED) is 0.379. The molecule has 4 aromatic heterocycles. The number of nitrogens with one attached hydrogen (secondary N) is 2. The Balaban J connectivity index is 1.52. The average molecular weight is 453 g/mol. The van der Waals surface area contributed by atoms with E-state index in [1.54, 1.807) is 10.8 Å². The van der Waals surface area contributed by atoms with Gasteiger partial charge in [-0.1, -0.05) is 18.2 Å². The molecule has 0 aliphatic heterocycles. The molecule has 0 spiro atoms. The number of benzene rings is 1. The minimum Gasteiger partial charge on any atom is -0.378 e. The molecule has 5 rings (SSSR count). The second kappa shape index (κ2) is 9.07. The summed E-state index contributed by atoms with van der Waals surface area (Å²) in [6.45, 7) is 5.53. The van der Waals surface area contributed by atoms with Gasteiger partial charge in [-0.05, 0) is 69.4 Å². The average Bonchev–Trinajstić information content (AvgIpc) is 3.45. The van der Waals surface area contributed by atoms with Crippen LogP contribution in [0.25, 0.3) is 28.3 Å². The zero-order valence-electron chi connectivity index (χ0n) is 19.9. The number of aromatic nitrogens is 6. The molecule has 8 heteroatoms. The first-order chi connectivity index (χ1) is 16.5. The molecule has 172 valence electrons. The third kappa shape index (κ3) is 4.53. The summed E-state index contributed by atoms with van der Waals surface area (Å²) in [4.78, 5) is 19.7. The maximum absolute atomic E-state index is 4.98. The number of fused-ring (bicyclic) bond motifs is 1. The zero-order chi connectivity index (χ0) is 23.7. The van der Waals surface area contributed by atoms with Crippen molar-refractivity contribution >= 4 is 11.3 Å². The van der Waals surface area contributed by atoms with Gasteiger partial charge in [0.15, 0.2) is 5.65 Å². The SMILES string of the molecule is Cc1ccc(CN(C)C)c(NCc2nc(-c3ccc4ncnn4c3)c(-c3cccc(C)n3)[nH]2)c1. The summed E-state index contributed by atoms with van der Waals surface area (Å²) >= 11 is 0.